The summed E-state index contributed by atoms with van der Waals surface area (Å²) >= 11 is 0. The Bertz CT molecular complexity index is 572. The maximum absolute atomic E-state index is 13.3. The Labute approximate surface area is 106 Å². The van der Waals surface area contributed by atoms with Crippen LogP contribution in [-0.2, 0) is 6.42 Å². The average molecular weight is 271 g/mol. The number of nitrogens with zero attached hydrogens (tertiary/aromatic N) is 1. The molecule has 0 bridgehead atoms. The summed E-state index contributed by atoms with van der Waals surface area (Å²) in [6, 6.07) is 6.26. The van der Waals surface area contributed by atoms with Crippen molar-refractivity contribution >= 4 is 0 Å². The number of pyridine rings is 1. The molecule has 2 rings (SSSR count). The van der Waals surface area contributed by atoms with Gasteiger partial charge in [0.2, 0.25) is 17.4 Å². The lowest BCUT2D eigenvalue weighted by Gasteiger charge is -2.08. The number of rotatable bonds is 3. The Morgan fingerprint density at radius 1 is 0.947 bits per heavy atom. The van der Waals surface area contributed by atoms with E-state index in [0.29, 0.717) is 0 Å². The fraction of sp³-hybridized carbons (Fsp3) is 0.154. The van der Waals surface area contributed by atoms with Crippen molar-refractivity contribution in [1.82, 2.24) is 4.98 Å². The number of aryl methyl sites for hydroxylation is 1. The zero-order chi connectivity index (χ0) is 14.0. The lowest BCUT2D eigenvalue weighted by Crippen LogP contribution is -2.03. The molecule has 0 aliphatic heterocycles. The zero-order valence-electron chi connectivity index (χ0n) is 9.88. The van der Waals surface area contributed by atoms with Crippen LogP contribution >= 0.6 is 0 Å². The van der Waals surface area contributed by atoms with Crippen LogP contribution in [0.3, 0.4) is 0 Å². The van der Waals surface area contributed by atoms with E-state index in [1.165, 1.54) is 12.1 Å². The van der Waals surface area contributed by atoms with Crippen LogP contribution in [0.5, 0.6) is 11.5 Å². The molecule has 0 amide bonds. The Hall–Kier alpha value is -2.11. The summed E-state index contributed by atoms with van der Waals surface area (Å²) in [6.07, 6.45) is 0.779. The molecule has 0 N–H and O–H groups in total. The lowest BCUT2D eigenvalue weighted by molar-refractivity contribution is 0.343. The van der Waals surface area contributed by atoms with Crippen LogP contribution in [-0.4, -0.2) is 4.98 Å². The van der Waals surface area contributed by atoms with Gasteiger partial charge in [-0.25, -0.2) is 0 Å². The van der Waals surface area contributed by atoms with Gasteiger partial charge in [-0.3, -0.25) is 0 Å². The molecule has 1 aromatic heterocycles. The molecule has 0 saturated carbocycles. The number of hydrogen-bond acceptors (Lipinski definition) is 2. The van der Waals surface area contributed by atoms with Crippen LogP contribution in [0.2, 0.25) is 0 Å². The third-order valence-electron chi connectivity index (χ3n) is 2.51. The van der Waals surface area contributed by atoms with Gasteiger partial charge in [0.1, 0.15) is 5.75 Å². The predicted octanol–water partition coefficient (Wildman–Crippen LogP) is 3.99. The quantitative estimate of drug-likeness (QED) is 0.622. The first-order valence-corrected chi connectivity index (χ1v) is 5.49. The van der Waals surface area contributed by atoms with Crippen molar-refractivity contribution in [2.24, 2.45) is 0 Å². The van der Waals surface area contributed by atoms with E-state index in [1.807, 2.05) is 6.92 Å². The highest BCUT2D eigenvalue weighted by molar-refractivity contribution is 5.34. The number of benzene rings is 1. The van der Waals surface area contributed by atoms with Crippen LogP contribution in [0.1, 0.15) is 12.5 Å². The summed E-state index contributed by atoms with van der Waals surface area (Å²) in [7, 11) is 0. The second kappa shape index (κ2) is 5.26. The van der Waals surface area contributed by atoms with Gasteiger partial charge in [0.05, 0.1) is 0 Å². The average Bonchev–Trinajstić information content (AvgIpc) is 2.42. The summed E-state index contributed by atoms with van der Waals surface area (Å²) in [4.78, 5) is 2.44. The normalized spacial score (nSPS) is 10.6. The van der Waals surface area contributed by atoms with E-state index < -0.39 is 29.3 Å². The van der Waals surface area contributed by atoms with Crippen LogP contribution in [0.25, 0.3) is 0 Å². The molecular weight excluding hydrogens is 262 g/mol. The van der Waals surface area contributed by atoms with E-state index in [9.17, 15) is 17.6 Å². The third kappa shape index (κ3) is 2.67. The van der Waals surface area contributed by atoms with Crippen molar-refractivity contribution < 1.29 is 22.3 Å². The van der Waals surface area contributed by atoms with Gasteiger partial charge >= 0.3 is 0 Å². The summed E-state index contributed by atoms with van der Waals surface area (Å²) in [6.45, 7) is 1.93. The minimum Gasteiger partial charge on any atom is -0.451 e. The summed E-state index contributed by atoms with van der Waals surface area (Å²) in [5, 5.41) is 0. The molecule has 0 fully saturated rings. The first kappa shape index (κ1) is 13.3. The Morgan fingerprint density at radius 2 is 1.47 bits per heavy atom. The fourth-order valence-electron chi connectivity index (χ4n) is 1.47. The van der Waals surface area contributed by atoms with Gasteiger partial charge in [0.25, 0.3) is 11.9 Å². The third-order valence-corrected chi connectivity index (χ3v) is 2.51. The molecule has 1 aromatic carbocycles. The lowest BCUT2D eigenvalue weighted by atomic mass is 10.2. The van der Waals surface area contributed by atoms with Gasteiger partial charge in [0, 0.05) is 0 Å². The van der Waals surface area contributed by atoms with E-state index in [4.69, 9.17) is 4.74 Å². The van der Waals surface area contributed by atoms with Crippen molar-refractivity contribution in [3.63, 3.8) is 0 Å². The molecule has 100 valence electrons. The standard InChI is InChI=1S/C13H9F4NO/c1-2-7-3-5-8(6-4-7)19-11-9(14)12(16)18-13(17)10(11)15/h3-6H,2H2,1H3. The van der Waals surface area contributed by atoms with Crippen LogP contribution in [0.4, 0.5) is 17.6 Å². The molecule has 0 saturated heterocycles. The molecule has 1 heterocycles. The van der Waals surface area contributed by atoms with Crippen molar-refractivity contribution in [1.29, 1.82) is 0 Å². The number of ether oxygens (including phenoxy) is 1. The monoisotopic (exact) mass is 271 g/mol. The van der Waals surface area contributed by atoms with Crippen LogP contribution < -0.4 is 4.74 Å². The summed E-state index contributed by atoms with van der Waals surface area (Å²) < 4.78 is 57.2. The SMILES string of the molecule is CCc1ccc(Oc2c(F)c(F)nc(F)c2F)cc1. The Morgan fingerprint density at radius 3 is 1.95 bits per heavy atom. The van der Waals surface area contributed by atoms with E-state index in [1.54, 1.807) is 12.1 Å². The van der Waals surface area contributed by atoms with Crippen LogP contribution in [0, 0.1) is 23.5 Å². The first-order chi connectivity index (χ1) is 9.02. The molecule has 19 heavy (non-hydrogen) atoms. The minimum absolute atomic E-state index is 0.0694. The first-order valence-electron chi connectivity index (χ1n) is 5.49. The molecule has 2 nitrogen and oxygen atoms in total. The Kier molecular flexibility index (Phi) is 3.69. The topological polar surface area (TPSA) is 22.1 Å². The smallest absolute Gasteiger partial charge is 0.255 e. The highest BCUT2D eigenvalue weighted by Gasteiger charge is 2.22. The molecule has 0 atom stereocenters. The predicted molar refractivity (Wildman–Crippen MR) is 60.0 cm³/mol. The van der Waals surface area contributed by atoms with Crippen molar-refractivity contribution in [2.75, 3.05) is 0 Å². The largest absolute Gasteiger partial charge is 0.451 e. The fourth-order valence-corrected chi connectivity index (χ4v) is 1.47. The maximum Gasteiger partial charge on any atom is 0.255 e. The molecule has 0 spiro atoms. The van der Waals surface area contributed by atoms with E-state index >= 15 is 0 Å². The highest BCUT2D eigenvalue weighted by Crippen LogP contribution is 2.29. The van der Waals surface area contributed by atoms with Crippen LogP contribution in [0.15, 0.2) is 24.3 Å². The summed E-state index contributed by atoms with van der Waals surface area (Å²) in [5.74, 6) is -7.91. The molecule has 0 radical (unpaired) electrons. The molecule has 0 aliphatic carbocycles. The van der Waals surface area contributed by atoms with E-state index in [0.717, 1.165) is 12.0 Å². The van der Waals surface area contributed by atoms with Gasteiger partial charge in [-0.05, 0) is 24.1 Å². The Balaban J connectivity index is 2.37. The molecule has 0 aliphatic rings. The number of halogens is 4. The number of hydrogen-bond donors (Lipinski definition) is 0. The molecule has 2 aromatic rings. The van der Waals surface area contributed by atoms with E-state index in [-0.39, 0.29) is 5.75 Å². The second-order valence-corrected chi connectivity index (χ2v) is 3.75. The maximum atomic E-state index is 13.3. The second-order valence-electron chi connectivity index (χ2n) is 3.75. The van der Waals surface area contributed by atoms with E-state index in [2.05, 4.69) is 4.98 Å². The zero-order valence-corrected chi connectivity index (χ0v) is 9.88. The number of aromatic nitrogens is 1. The molecule has 6 heteroatoms. The molecule has 0 unspecified atom stereocenters. The van der Waals surface area contributed by atoms with Crippen molar-refractivity contribution in [3.8, 4) is 11.5 Å². The van der Waals surface area contributed by atoms with Gasteiger partial charge in [-0.2, -0.15) is 22.5 Å². The minimum atomic E-state index is -1.75. The van der Waals surface area contributed by atoms with Crippen molar-refractivity contribution in [2.45, 2.75) is 13.3 Å². The van der Waals surface area contributed by atoms with Gasteiger partial charge in [-0.15, -0.1) is 0 Å². The summed E-state index contributed by atoms with van der Waals surface area (Å²) in [5.41, 5.74) is 0.986. The van der Waals surface area contributed by atoms with Gasteiger partial charge in [-0.1, -0.05) is 19.1 Å². The van der Waals surface area contributed by atoms with Gasteiger partial charge in [0.15, 0.2) is 0 Å². The van der Waals surface area contributed by atoms with Crippen molar-refractivity contribution in [3.05, 3.63) is 53.4 Å². The van der Waals surface area contributed by atoms with Gasteiger partial charge < -0.3 is 4.74 Å². The highest BCUT2D eigenvalue weighted by atomic mass is 19.2. The molecular formula is C13H9F4NO.